The average molecular weight is 403 g/mol. The van der Waals surface area contributed by atoms with Crippen LogP contribution in [0.3, 0.4) is 0 Å². The molecule has 124 valence electrons. The molecule has 1 amide bonds. The van der Waals surface area contributed by atoms with Crippen LogP contribution in [0.1, 0.15) is 11.6 Å². The lowest BCUT2D eigenvalue weighted by Gasteiger charge is -2.31. The van der Waals surface area contributed by atoms with Crippen LogP contribution < -0.4 is 5.32 Å². The van der Waals surface area contributed by atoms with Gasteiger partial charge in [0.1, 0.15) is 24.4 Å². The Balaban J connectivity index is 1.96. The summed E-state index contributed by atoms with van der Waals surface area (Å²) in [5.74, 6) is -0.342. The number of nitrogens with one attached hydrogen (secondary N) is 1. The predicted molar refractivity (Wildman–Crippen MR) is 87.2 cm³/mol. The smallest absolute Gasteiger partial charge is 0.253 e. The molecule has 2 fully saturated rings. The van der Waals surface area contributed by atoms with Crippen molar-refractivity contribution in [2.24, 2.45) is 0 Å². The third-order valence-electron chi connectivity index (χ3n) is 3.95. The van der Waals surface area contributed by atoms with Crippen LogP contribution in [0.5, 0.6) is 0 Å². The molecule has 2 heterocycles. The first-order valence-corrected chi connectivity index (χ1v) is 8.15. The van der Waals surface area contributed by atoms with Crippen molar-refractivity contribution in [3.63, 3.8) is 0 Å². The van der Waals surface area contributed by atoms with E-state index >= 15 is 0 Å². The maximum atomic E-state index is 12.3. The van der Waals surface area contributed by atoms with Gasteiger partial charge < -0.3 is 30.3 Å². The highest BCUT2D eigenvalue weighted by atomic mass is 79.9. The maximum Gasteiger partial charge on any atom is 0.253 e. The molecule has 2 aliphatic rings. The molecule has 0 spiro atoms. The van der Waals surface area contributed by atoms with Gasteiger partial charge in [0.2, 0.25) is 0 Å². The first-order chi connectivity index (χ1) is 10.9. The van der Waals surface area contributed by atoms with Crippen LogP contribution in [0.15, 0.2) is 28.7 Å². The van der Waals surface area contributed by atoms with Gasteiger partial charge in [0, 0.05) is 4.47 Å². The number of thiocarbonyl (C=S) groups is 1. The highest BCUT2D eigenvalue weighted by Crippen LogP contribution is 2.34. The van der Waals surface area contributed by atoms with E-state index in [1.54, 1.807) is 18.2 Å². The molecule has 1 aromatic carbocycles. The Morgan fingerprint density at radius 3 is 2.70 bits per heavy atom. The quantitative estimate of drug-likeness (QED) is 0.512. The Morgan fingerprint density at radius 2 is 2.09 bits per heavy atom. The first-order valence-electron chi connectivity index (χ1n) is 6.95. The van der Waals surface area contributed by atoms with Gasteiger partial charge in [-0.1, -0.05) is 28.1 Å². The number of amides is 1. The number of carbonyl (C=O) groups is 1. The van der Waals surface area contributed by atoms with E-state index in [1.807, 2.05) is 6.07 Å². The number of hydrogen-bond donors (Lipinski definition) is 4. The van der Waals surface area contributed by atoms with Crippen molar-refractivity contribution in [2.45, 2.75) is 30.6 Å². The van der Waals surface area contributed by atoms with Crippen molar-refractivity contribution in [1.29, 1.82) is 0 Å². The Hall–Kier alpha value is -1.10. The van der Waals surface area contributed by atoms with Crippen molar-refractivity contribution < 1.29 is 24.9 Å². The Kier molecular flexibility index (Phi) is 4.68. The van der Waals surface area contributed by atoms with Crippen molar-refractivity contribution in [3.05, 3.63) is 34.3 Å². The number of benzene rings is 1. The molecular weight excluding hydrogens is 388 g/mol. The lowest BCUT2D eigenvalue weighted by Crippen LogP contribution is -2.46. The topological polar surface area (TPSA) is 102 Å². The van der Waals surface area contributed by atoms with E-state index in [1.165, 1.54) is 4.90 Å². The maximum absolute atomic E-state index is 12.3. The molecule has 0 radical (unpaired) electrons. The van der Waals surface area contributed by atoms with E-state index in [9.17, 15) is 20.1 Å². The Bertz CT molecular complexity index is 645. The van der Waals surface area contributed by atoms with Gasteiger partial charge in [-0.3, -0.25) is 4.79 Å². The van der Waals surface area contributed by atoms with Gasteiger partial charge in [-0.05, 0) is 29.9 Å². The number of carbonyl (C=O) groups excluding carboxylic acids is 1. The minimum Gasteiger partial charge on any atom is -0.394 e. The second-order valence-corrected chi connectivity index (χ2v) is 6.69. The Morgan fingerprint density at radius 1 is 1.35 bits per heavy atom. The summed E-state index contributed by atoms with van der Waals surface area (Å²) >= 11 is 8.53. The number of aliphatic hydroxyl groups is 3. The van der Waals surface area contributed by atoms with E-state index in [2.05, 4.69) is 21.2 Å². The number of nitrogens with zero attached hydrogens (tertiary/aromatic N) is 1. The molecule has 5 atom stereocenters. The molecule has 4 N–H and O–H groups in total. The molecule has 23 heavy (non-hydrogen) atoms. The highest BCUT2D eigenvalue weighted by Gasteiger charge is 2.51. The lowest BCUT2D eigenvalue weighted by molar-refractivity contribution is -0.126. The van der Waals surface area contributed by atoms with Gasteiger partial charge in [0.05, 0.1) is 6.61 Å². The second kappa shape index (κ2) is 6.42. The molecule has 0 aliphatic carbocycles. The zero-order chi connectivity index (χ0) is 16.7. The first kappa shape index (κ1) is 16.7. The summed E-state index contributed by atoms with van der Waals surface area (Å²) in [6.45, 7) is -0.446. The largest absolute Gasteiger partial charge is 0.394 e. The van der Waals surface area contributed by atoms with Gasteiger partial charge in [-0.2, -0.15) is 0 Å². The standard InChI is InChI=1S/C14H15BrN2O5S/c15-7-3-1-2-6(4-7)9-12(21)16-14(23)17(9)13-11(20)10(19)8(5-18)22-13/h1-4,8-11,13,18-20H,5H2,(H,16,21,23)/t8-,9?,10-,11-,13-/m1/s1. The van der Waals surface area contributed by atoms with Crippen LogP contribution in [-0.2, 0) is 9.53 Å². The summed E-state index contributed by atoms with van der Waals surface area (Å²) in [6.07, 6.45) is -4.52. The number of halogens is 1. The van der Waals surface area contributed by atoms with Gasteiger partial charge in [-0.15, -0.1) is 0 Å². The number of aliphatic hydroxyl groups excluding tert-OH is 3. The van der Waals surface area contributed by atoms with Gasteiger partial charge in [-0.25, -0.2) is 0 Å². The molecule has 1 unspecified atom stereocenters. The summed E-state index contributed by atoms with van der Waals surface area (Å²) in [5.41, 5.74) is 0.662. The molecule has 0 saturated carbocycles. The van der Waals surface area contributed by atoms with Gasteiger partial charge in [0.25, 0.3) is 5.91 Å². The normalized spacial score (nSPS) is 34.1. The fourth-order valence-corrected chi connectivity index (χ4v) is 3.57. The van der Waals surface area contributed by atoms with Crippen LogP contribution in [-0.4, -0.2) is 62.4 Å². The highest BCUT2D eigenvalue weighted by molar-refractivity contribution is 9.10. The van der Waals surface area contributed by atoms with E-state index in [-0.39, 0.29) is 11.0 Å². The van der Waals surface area contributed by atoms with Crippen molar-refractivity contribution in [3.8, 4) is 0 Å². The molecule has 3 rings (SSSR count). The second-order valence-electron chi connectivity index (χ2n) is 5.39. The van der Waals surface area contributed by atoms with Crippen molar-refractivity contribution in [1.82, 2.24) is 10.2 Å². The fourth-order valence-electron chi connectivity index (χ4n) is 2.84. The SMILES string of the molecule is O=C1NC(=S)N([C@@H]2O[C@H](CO)[C@@H](O)[C@H]2O)C1c1cccc(Br)c1. The lowest BCUT2D eigenvalue weighted by atomic mass is 10.0. The minimum atomic E-state index is -1.30. The van der Waals surface area contributed by atoms with Gasteiger partial charge in [0.15, 0.2) is 11.3 Å². The van der Waals surface area contributed by atoms with E-state index in [4.69, 9.17) is 17.0 Å². The minimum absolute atomic E-state index is 0.106. The number of ether oxygens (including phenoxy) is 1. The van der Waals surface area contributed by atoms with E-state index in [0.29, 0.717) is 5.56 Å². The van der Waals surface area contributed by atoms with E-state index < -0.39 is 37.2 Å². The fraction of sp³-hybridized carbons (Fsp3) is 0.429. The molecular formula is C14H15BrN2O5S. The predicted octanol–water partition coefficient (Wildman–Crippen LogP) is -0.354. The van der Waals surface area contributed by atoms with Crippen LogP contribution in [0.4, 0.5) is 0 Å². The monoisotopic (exact) mass is 402 g/mol. The number of hydrogen-bond acceptors (Lipinski definition) is 6. The molecule has 2 aliphatic heterocycles. The van der Waals surface area contributed by atoms with Crippen LogP contribution in [0.2, 0.25) is 0 Å². The van der Waals surface area contributed by atoms with Crippen LogP contribution >= 0.6 is 28.1 Å². The molecule has 0 bridgehead atoms. The summed E-state index contributed by atoms with van der Waals surface area (Å²) < 4.78 is 6.30. The molecule has 0 aromatic heterocycles. The third-order valence-corrected chi connectivity index (χ3v) is 4.75. The van der Waals surface area contributed by atoms with Crippen LogP contribution in [0, 0.1) is 0 Å². The third kappa shape index (κ3) is 2.88. The molecule has 9 heteroatoms. The zero-order valence-electron chi connectivity index (χ0n) is 11.8. The summed E-state index contributed by atoms with van der Waals surface area (Å²) in [7, 11) is 0. The molecule has 7 nitrogen and oxygen atoms in total. The molecule has 1 aromatic rings. The average Bonchev–Trinajstić information content (AvgIpc) is 2.96. The van der Waals surface area contributed by atoms with Crippen molar-refractivity contribution in [2.75, 3.05) is 6.61 Å². The van der Waals surface area contributed by atoms with Crippen LogP contribution in [0.25, 0.3) is 0 Å². The zero-order valence-corrected chi connectivity index (χ0v) is 14.2. The van der Waals surface area contributed by atoms with E-state index in [0.717, 1.165) is 4.47 Å². The number of rotatable bonds is 3. The van der Waals surface area contributed by atoms with Crippen molar-refractivity contribution >= 4 is 39.2 Å². The Labute approximate surface area is 146 Å². The summed E-state index contributed by atoms with van der Waals surface area (Å²) in [4.78, 5) is 13.7. The molecule has 2 saturated heterocycles. The summed E-state index contributed by atoms with van der Waals surface area (Å²) in [5, 5.41) is 32.0. The van der Waals surface area contributed by atoms with Gasteiger partial charge >= 0.3 is 0 Å². The summed E-state index contributed by atoms with van der Waals surface area (Å²) in [6, 6.07) is 6.35.